The van der Waals surface area contributed by atoms with E-state index < -0.39 is 5.41 Å². The monoisotopic (exact) mass is 243 g/mol. The van der Waals surface area contributed by atoms with Crippen LogP contribution in [0.15, 0.2) is 30.3 Å². The van der Waals surface area contributed by atoms with Crippen LogP contribution < -0.4 is 5.32 Å². The van der Waals surface area contributed by atoms with Crippen LogP contribution in [0.4, 0.5) is 0 Å². The summed E-state index contributed by atoms with van der Waals surface area (Å²) in [6.07, 6.45) is 7.20. The van der Waals surface area contributed by atoms with Crippen LogP contribution in [0.25, 0.3) is 0 Å². The molecule has 1 amide bonds. The van der Waals surface area contributed by atoms with Gasteiger partial charge in [0.2, 0.25) is 5.91 Å². The molecule has 0 aliphatic heterocycles. The Morgan fingerprint density at radius 3 is 2.50 bits per heavy atom. The Bertz CT molecular complexity index is 428. The van der Waals surface area contributed by atoms with Gasteiger partial charge in [-0.1, -0.05) is 49.6 Å². The van der Waals surface area contributed by atoms with Gasteiger partial charge in [0.1, 0.15) is 0 Å². The lowest BCUT2D eigenvalue weighted by Crippen LogP contribution is -2.44. The predicted molar refractivity (Wildman–Crippen MR) is 75.1 cm³/mol. The topological polar surface area (TPSA) is 29.1 Å². The summed E-state index contributed by atoms with van der Waals surface area (Å²) in [5.74, 6) is 2.60. The van der Waals surface area contributed by atoms with Crippen molar-refractivity contribution in [2.24, 2.45) is 0 Å². The van der Waals surface area contributed by atoms with Gasteiger partial charge in [-0.2, -0.15) is 0 Å². The minimum atomic E-state index is -0.565. The van der Waals surface area contributed by atoms with Crippen LogP contribution in [0.1, 0.15) is 39.2 Å². The summed E-state index contributed by atoms with van der Waals surface area (Å²) in [6.45, 7) is 5.88. The average Bonchev–Trinajstić information content (AvgIpc) is 2.39. The molecule has 0 heterocycles. The number of hydrogen-bond donors (Lipinski definition) is 1. The minimum absolute atomic E-state index is 0.0231. The molecule has 18 heavy (non-hydrogen) atoms. The Hall–Kier alpha value is -1.75. The van der Waals surface area contributed by atoms with E-state index in [4.69, 9.17) is 6.42 Å². The molecule has 0 saturated carbocycles. The molecule has 0 saturated heterocycles. The molecule has 1 rings (SSSR count). The fourth-order valence-corrected chi connectivity index (χ4v) is 1.81. The van der Waals surface area contributed by atoms with Crippen LogP contribution in [0.2, 0.25) is 0 Å². The zero-order valence-corrected chi connectivity index (χ0v) is 11.4. The van der Waals surface area contributed by atoms with Crippen molar-refractivity contribution in [3.05, 3.63) is 35.9 Å². The van der Waals surface area contributed by atoms with Crippen LogP contribution in [0.3, 0.4) is 0 Å². The zero-order valence-electron chi connectivity index (χ0n) is 11.4. The molecule has 1 aromatic carbocycles. The Balaban J connectivity index is 2.80. The summed E-state index contributed by atoms with van der Waals surface area (Å²) in [6, 6.07) is 9.57. The number of rotatable bonds is 5. The van der Waals surface area contributed by atoms with Crippen LogP contribution in [-0.2, 0) is 10.2 Å². The molecular weight excluding hydrogens is 222 g/mol. The van der Waals surface area contributed by atoms with Crippen LogP contribution in [0.5, 0.6) is 0 Å². The summed E-state index contributed by atoms with van der Waals surface area (Å²) in [4.78, 5) is 12.3. The van der Waals surface area contributed by atoms with Crippen molar-refractivity contribution < 1.29 is 4.79 Å². The fraction of sp³-hybridized carbons (Fsp3) is 0.438. The standard InChI is InChI=1S/C16H21NO/c1-5-10-14(6-2)17-15(18)16(3,4)13-11-8-7-9-12-13/h2,7-9,11-12,14H,5,10H2,1,3-4H3,(H,17,18). The van der Waals surface area contributed by atoms with Gasteiger partial charge >= 0.3 is 0 Å². The van der Waals surface area contributed by atoms with Crippen molar-refractivity contribution >= 4 is 5.91 Å². The Kier molecular flexibility index (Phi) is 4.97. The lowest BCUT2D eigenvalue weighted by atomic mass is 9.83. The second kappa shape index (κ2) is 6.26. The van der Waals surface area contributed by atoms with E-state index in [-0.39, 0.29) is 11.9 Å². The maximum atomic E-state index is 12.3. The molecule has 0 fully saturated rings. The minimum Gasteiger partial charge on any atom is -0.342 e. The lowest BCUT2D eigenvalue weighted by molar-refractivity contribution is -0.126. The third-order valence-electron chi connectivity index (χ3n) is 3.15. The number of carbonyl (C=O) groups is 1. The molecule has 0 radical (unpaired) electrons. The van der Waals surface area contributed by atoms with Gasteiger partial charge < -0.3 is 5.32 Å². The van der Waals surface area contributed by atoms with Gasteiger partial charge in [0.15, 0.2) is 0 Å². The SMILES string of the molecule is C#CC(CCC)NC(=O)C(C)(C)c1ccccc1. The van der Waals surface area contributed by atoms with Crippen LogP contribution in [0, 0.1) is 12.3 Å². The van der Waals surface area contributed by atoms with Crippen molar-refractivity contribution in [2.75, 3.05) is 0 Å². The van der Waals surface area contributed by atoms with Gasteiger partial charge in [-0.3, -0.25) is 4.79 Å². The first-order chi connectivity index (χ1) is 8.52. The molecule has 2 nitrogen and oxygen atoms in total. The summed E-state index contributed by atoms with van der Waals surface area (Å²) in [5.41, 5.74) is 0.430. The van der Waals surface area contributed by atoms with Gasteiger partial charge in [0.05, 0.1) is 11.5 Å². The zero-order chi connectivity index (χ0) is 13.6. The molecule has 0 aliphatic rings. The first-order valence-electron chi connectivity index (χ1n) is 6.35. The Morgan fingerprint density at radius 1 is 1.39 bits per heavy atom. The first kappa shape index (κ1) is 14.3. The molecular formula is C16H21NO. The molecule has 96 valence electrons. The van der Waals surface area contributed by atoms with E-state index in [1.807, 2.05) is 44.2 Å². The third-order valence-corrected chi connectivity index (χ3v) is 3.15. The quantitative estimate of drug-likeness (QED) is 0.792. The molecule has 0 aliphatic carbocycles. The fourth-order valence-electron chi connectivity index (χ4n) is 1.81. The molecule has 0 spiro atoms. The highest BCUT2D eigenvalue weighted by Gasteiger charge is 2.30. The van der Waals surface area contributed by atoms with Gasteiger partial charge in [0, 0.05) is 0 Å². The third kappa shape index (κ3) is 3.37. The highest BCUT2D eigenvalue weighted by molar-refractivity contribution is 5.87. The van der Waals surface area contributed by atoms with Crippen molar-refractivity contribution in [1.29, 1.82) is 0 Å². The second-order valence-electron chi connectivity index (χ2n) is 4.97. The summed E-state index contributed by atoms with van der Waals surface area (Å²) in [5, 5.41) is 2.93. The Labute approximate surface area is 110 Å². The second-order valence-corrected chi connectivity index (χ2v) is 4.97. The maximum absolute atomic E-state index is 12.3. The van der Waals surface area contributed by atoms with E-state index >= 15 is 0 Å². The largest absolute Gasteiger partial charge is 0.342 e. The van der Waals surface area contributed by atoms with E-state index in [0.29, 0.717) is 0 Å². The number of carbonyl (C=O) groups excluding carboxylic acids is 1. The van der Waals surface area contributed by atoms with E-state index in [1.54, 1.807) is 0 Å². The number of amides is 1. The molecule has 0 bridgehead atoms. The summed E-state index contributed by atoms with van der Waals surface area (Å²) >= 11 is 0. The highest BCUT2D eigenvalue weighted by atomic mass is 16.2. The number of benzene rings is 1. The average molecular weight is 243 g/mol. The van der Waals surface area contributed by atoms with Gasteiger partial charge in [-0.25, -0.2) is 0 Å². The van der Waals surface area contributed by atoms with Crippen LogP contribution >= 0.6 is 0 Å². The predicted octanol–water partition coefficient (Wildman–Crippen LogP) is 2.88. The molecule has 1 atom stereocenters. The van der Waals surface area contributed by atoms with E-state index in [9.17, 15) is 4.79 Å². The molecule has 2 heteroatoms. The van der Waals surface area contributed by atoms with E-state index in [1.165, 1.54) is 0 Å². The lowest BCUT2D eigenvalue weighted by Gasteiger charge is -2.26. The van der Waals surface area contributed by atoms with Gasteiger partial charge in [-0.15, -0.1) is 6.42 Å². The molecule has 1 aromatic rings. The van der Waals surface area contributed by atoms with Crippen molar-refractivity contribution in [2.45, 2.75) is 45.1 Å². The van der Waals surface area contributed by atoms with Crippen molar-refractivity contribution in [3.63, 3.8) is 0 Å². The number of nitrogens with one attached hydrogen (secondary N) is 1. The summed E-state index contributed by atoms with van der Waals surface area (Å²) in [7, 11) is 0. The molecule has 1 N–H and O–H groups in total. The smallest absolute Gasteiger partial charge is 0.231 e. The highest BCUT2D eigenvalue weighted by Crippen LogP contribution is 2.23. The van der Waals surface area contributed by atoms with Gasteiger partial charge in [0.25, 0.3) is 0 Å². The first-order valence-corrected chi connectivity index (χ1v) is 6.35. The number of hydrogen-bond acceptors (Lipinski definition) is 1. The van der Waals surface area contributed by atoms with E-state index in [2.05, 4.69) is 18.2 Å². The van der Waals surface area contributed by atoms with Crippen molar-refractivity contribution in [3.8, 4) is 12.3 Å². The molecule has 0 aromatic heterocycles. The van der Waals surface area contributed by atoms with Gasteiger partial charge in [-0.05, 0) is 25.8 Å². The Morgan fingerprint density at radius 2 is 2.00 bits per heavy atom. The number of terminal acetylenes is 1. The maximum Gasteiger partial charge on any atom is 0.231 e. The van der Waals surface area contributed by atoms with E-state index in [0.717, 1.165) is 18.4 Å². The molecule has 1 unspecified atom stereocenters. The normalized spacial score (nSPS) is 12.6. The van der Waals surface area contributed by atoms with Crippen molar-refractivity contribution in [1.82, 2.24) is 5.32 Å². The van der Waals surface area contributed by atoms with Crippen LogP contribution in [-0.4, -0.2) is 11.9 Å². The summed E-state index contributed by atoms with van der Waals surface area (Å²) < 4.78 is 0.